The molecule has 0 heterocycles. The first-order valence-electron chi connectivity index (χ1n) is 6.70. The van der Waals surface area contributed by atoms with Crippen LogP contribution in [0.25, 0.3) is 0 Å². The summed E-state index contributed by atoms with van der Waals surface area (Å²) in [6.45, 7) is 1.91. The van der Waals surface area contributed by atoms with Crippen LogP contribution in [0.2, 0.25) is 0 Å². The minimum Gasteiger partial charge on any atom is -0.207 e. The van der Waals surface area contributed by atoms with E-state index in [4.69, 9.17) is 6.42 Å². The van der Waals surface area contributed by atoms with Gasteiger partial charge >= 0.3 is 0 Å². The van der Waals surface area contributed by atoms with Crippen molar-refractivity contribution in [2.45, 2.75) is 24.3 Å². The molecule has 1 atom stereocenters. The number of sulfonamides is 1. The molecule has 0 bridgehead atoms. The van der Waals surface area contributed by atoms with Gasteiger partial charge in [-0.1, -0.05) is 45.8 Å². The van der Waals surface area contributed by atoms with Gasteiger partial charge in [-0.25, -0.2) is 13.1 Å². The molecule has 0 spiro atoms. The largest absolute Gasteiger partial charge is 0.241 e. The average Bonchev–Trinajstić information content (AvgIpc) is 2.48. The Balaban J connectivity index is 2.29. The van der Waals surface area contributed by atoms with Crippen LogP contribution in [0.4, 0.5) is 0 Å². The molecule has 5 heteroatoms. The molecule has 0 aromatic heterocycles. The number of benzene rings is 2. The lowest BCUT2D eigenvalue weighted by Crippen LogP contribution is -2.28. The van der Waals surface area contributed by atoms with Crippen LogP contribution in [0, 0.1) is 19.3 Å². The highest BCUT2D eigenvalue weighted by Gasteiger charge is 2.20. The Labute approximate surface area is 139 Å². The minimum atomic E-state index is -3.61. The first-order valence-corrected chi connectivity index (χ1v) is 8.98. The van der Waals surface area contributed by atoms with E-state index in [0.29, 0.717) is 0 Å². The van der Waals surface area contributed by atoms with Crippen molar-refractivity contribution in [3.63, 3.8) is 0 Å². The predicted molar refractivity (Wildman–Crippen MR) is 91.8 cm³/mol. The van der Waals surface area contributed by atoms with E-state index in [1.807, 2.05) is 31.2 Å². The molecule has 22 heavy (non-hydrogen) atoms. The van der Waals surface area contributed by atoms with Gasteiger partial charge in [0.15, 0.2) is 0 Å². The summed E-state index contributed by atoms with van der Waals surface area (Å²) in [4.78, 5) is 0.234. The molecule has 0 saturated carbocycles. The zero-order valence-corrected chi connectivity index (χ0v) is 14.5. The van der Waals surface area contributed by atoms with Crippen molar-refractivity contribution in [3.8, 4) is 12.3 Å². The standard InChI is InChI=1S/C17H16BrNO2S/c1-3-4-17(14-7-9-15(18)10-8-14)19-22(20,21)16-11-5-13(2)6-12-16/h1,5-12,17,19H,4H2,2H3. The quantitative estimate of drug-likeness (QED) is 0.805. The van der Waals surface area contributed by atoms with E-state index in [1.54, 1.807) is 24.3 Å². The van der Waals surface area contributed by atoms with Crippen LogP contribution in [0.3, 0.4) is 0 Å². The van der Waals surface area contributed by atoms with Crippen molar-refractivity contribution >= 4 is 26.0 Å². The van der Waals surface area contributed by atoms with Crippen molar-refractivity contribution in [2.24, 2.45) is 0 Å². The van der Waals surface area contributed by atoms with E-state index in [2.05, 4.69) is 26.6 Å². The highest BCUT2D eigenvalue weighted by molar-refractivity contribution is 9.10. The fourth-order valence-corrected chi connectivity index (χ4v) is 3.50. The molecular formula is C17H16BrNO2S. The maximum Gasteiger partial charge on any atom is 0.241 e. The van der Waals surface area contributed by atoms with Crippen molar-refractivity contribution in [1.29, 1.82) is 0 Å². The molecule has 0 aliphatic heterocycles. The van der Waals surface area contributed by atoms with Gasteiger partial charge in [-0.3, -0.25) is 0 Å². The first-order chi connectivity index (χ1) is 10.4. The number of terminal acetylenes is 1. The topological polar surface area (TPSA) is 46.2 Å². The zero-order chi connectivity index (χ0) is 16.2. The van der Waals surface area contributed by atoms with Gasteiger partial charge in [0.05, 0.1) is 10.9 Å². The molecule has 114 valence electrons. The summed E-state index contributed by atoms with van der Waals surface area (Å²) in [5, 5.41) is 0. The number of hydrogen-bond acceptors (Lipinski definition) is 2. The Kier molecular flexibility index (Phi) is 5.41. The molecule has 3 nitrogen and oxygen atoms in total. The van der Waals surface area contributed by atoms with Gasteiger partial charge < -0.3 is 0 Å². The Hall–Kier alpha value is -1.61. The molecular weight excluding hydrogens is 362 g/mol. The van der Waals surface area contributed by atoms with Crippen LogP contribution in [0.5, 0.6) is 0 Å². The summed E-state index contributed by atoms with van der Waals surface area (Å²) >= 11 is 3.36. The predicted octanol–water partition coefficient (Wildman–Crippen LogP) is 3.80. The summed E-state index contributed by atoms with van der Waals surface area (Å²) in [6.07, 6.45) is 5.66. The third-order valence-electron chi connectivity index (χ3n) is 3.22. The minimum absolute atomic E-state index is 0.234. The second-order valence-corrected chi connectivity index (χ2v) is 7.58. The van der Waals surface area contributed by atoms with Gasteiger partial charge in [0, 0.05) is 10.9 Å². The molecule has 0 saturated heterocycles. The van der Waals surface area contributed by atoms with Crippen LogP contribution < -0.4 is 4.72 Å². The Morgan fingerprint density at radius 2 is 1.73 bits per heavy atom. The fraction of sp³-hybridized carbons (Fsp3) is 0.176. The summed E-state index contributed by atoms with van der Waals surface area (Å²) in [6, 6.07) is 13.7. The lowest BCUT2D eigenvalue weighted by atomic mass is 10.1. The maximum absolute atomic E-state index is 12.5. The number of aryl methyl sites for hydroxylation is 1. The number of rotatable bonds is 5. The van der Waals surface area contributed by atoms with Gasteiger partial charge in [-0.2, -0.15) is 0 Å². The van der Waals surface area contributed by atoms with Gasteiger partial charge in [0.2, 0.25) is 10.0 Å². The third-order valence-corrected chi connectivity index (χ3v) is 5.24. The third kappa shape index (κ3) is 4.20. The number of halogens is 1. The fourth-order valence-electron chi connectivity index (χ4n) is 2.01. The average molecular weight is 378 g/mol. The molecule has 0 aliphatic carbocycles. The van der Waals surface area contributed by atoms with Gasteiger partial charge in [-0.15, -0.1) is 12.3 Å². The van der Waals surface area contributed by atoms with Crippen LogP contribution in [0.15, 0.2) is 57.9 Å². The summed E-state index contributed by atoms with van der Waals surface area (Å²) < 4.78 is 28.6. The number of nitrogens with one attached hydrogen (secondary N) is 1. The summed E-state index contributed by atoms with van der Waals surface area (Å²) in [5.74, 6) is 2.53. The highest BCUT2D eigenvalue weighted by atomic mass is 79.9. The van der Waals surface area contributed by atoms with Crippen molar-refractivity contribution in [2.75, 3.05) is 0 Å². The van der Waals surface area contributed by atoms with Crippen molar-refractivity contribution < 1.29 is 8.42 Å². The van der Waals surface area contributed by atoms with E-state index >= 15 is 0 Å². The summed E-state index contributed by atoms with van der Waals surface area (Å²) in [5.41, 5.74) is 1.84. The molecule has 0 radical (unpaired) electrons. The first kappa shape index (κ1) is 16.8. The Morgan fingerprint density at radius 3 is 2.27 bits per heavy atom. The van der Waals surface area contributed by atoms with E-state index in [-0.39, 0.29) is 11.3 Å². The number of hydrogen-bond donors (Lipinski definition) is 1. The summed E-state index contributed by atoms with van der Waals surface area (Å²) in [7, 11) is -3.61. The Morgan fingerprint density at radius 1 is 1.14 bits per heavy atom. The van der Waals surface area contributed by atoms with Crippen LogP contribution in [-0.4, -0.2) is 8.42 Å². The molecule has 1 unspecified atom stereocenters. The molecule has 1 N–H and O–H groups in total. The normalized spacial score (nSPS) is 12.6. The van der Waals surface area contributed by atoms with Gasteiger partial charge in [-0.05, 0) is 36.8 Å². The van der Waals surface area contributed by atoms with E-state index < -0.39 is 16.1 Å². The highest BCUT2D eigenvalue weighted by Crippen LogP contribution is 2.22. The van der Waals surface area contributed by atoms with Crippen LogP contribution >= 0.6 is 15.9 Å². The Bertz CT molecular complexity index is 775. The molecule has 0 fully saturated rings. The van der Waals surface area contributed by atoms with Crippen molar-refractivity contribution in [1.82, 2.24) is 4.72 Å². The zero-order valence-electron chi connectivity index (χ0n) is 12.1. The van der Waals surface area contributed by atoms with Gasteiger partial charge in [0.25, 0.3) is 0 Å². The van der Waals surface area contributed by atoms with Crippen LogP contribution in [-0.2, 0) is 10.0 Å². The molecule has 2 aromatic carbocycles. The van der Waals surface area contributed by atoms with Crippen molar-refractivity contribution in [3.05, 3.63) is 64.1 Å². The van der Waals surface area contributed by atoms with Gasteiger partial charge in [0.1, 0.15) is 0 Å². The lowest BCUT2D eigenvalue weighted by Gasteiger charge is -2.17. The molecule has 0 aliphatic rings. The maximum atomic E-state index is 12.5. The SMILES string of the molecule is C#CCC(NS(=O)(=O)c1ccc(C)cc1)c1ccc(Br)cc1. The second-order valence-electron chi connectivity index (χ2n) is 4.95. The smallest absolute Gasteiger partial charge is 0.207 e. The van der Waals surface area contributed by atoms with E-state index in [9.17, 15) is 8.42 Å². The van der Waals surface area contributed by atoms with E-state index in [1.165, 1.54) is 0 Å². The van der Waals surface area contributed by atoms with E-state index in [0.717, 1.165) is 15.6 Å². The molecule has 0 amide bonds. The monoisotopic (exact) mass is 377 g/mol. The molecule has 2 rings (SSSR count). The van der Waals surface area contributed by atoms with Crippen LogP contribution in [0.1, 0.15) is 23.6 Å². The molecule has 2 aromatic rings. The lowest BCUT2D eigenvalue weighted by molar-refractivity contribution is 0.559. The second kappa shape index (κ2) is 7.10.